The van der Waals surface area contributed by atoms with Crippen molar-refractivity contribution < 1.29 is 13.9 Å². The summed E-state index contributed by atoms with van der Waals surface area (Å²) in [4.78, 5) is 0. The molecule has 1 N–H and O–H groups in total. The van der Waals surface area contributed by atoms with Gasteiger partial charge in [0, 0.05) is 24.8 Å². The molecule has 1 saturated carbocycles. The predicted molar refractivity (Wildman–Crippen MR) is 62.5 cm³/mol. The van der Waals surface area contributed by atoms with Crippen LogP contribution < -0.4 is 0 Å². The van der Waals surface area contributed by atoms with Crippen molar-refractivity contribution in [2.24, 2.45) is 0 Å². The first-order chi connectivity index (χ1) is 8.44. The zero-order valence-corrected chi connectivity index (χ0v) is 10.7. The van der Waals surface area contributed by atoms with Gasteiger partial charge in [0.2, 0.25) is 5.92 Å². The van der Waals surface area contributed by atoms with Crippen molar-refractivity contribution in [3.8, 4) is 0 Å². The molecular formula is C12H19F2N3O. The Morgan fingerprint density at radius 3 is 2.44 bits per heavy atom. The standard InChI is InChI=1S/C12H19F2N3O/c1-8(2)17-10(7-18)15-16-11(17)9-3-5-12(13,14)6-4-9/h8-9,18H,3-7H2,1-2H3. The van der Waals surface area contributed by atoms with Gasteiger partial charge in [-0.2, -0.15) is 0 Å². The first-order valence-corrected chi connectivity index (χ1v) is 6.37. The van der Waals surface area contributed by atoms with Crippen LogP contribution in [0.25, 0.3) is 0 Å². The van der Waals surface area contributed by atoms with Gasteiger partial charge in [0.05, 0.1) is 0 Å². The van der Waals surface area contributed by atoms with Crippen LogP contribution in [0.2, 0.25) is 0 Å². The molecule has 102 valence electrons. The molecule has 1 aliphatic rings. The molecule has 1 fully saturated rings. The number of hydrogen-bond donors (Lipinski definition) is 1. The molecule has 4 nitrogen and oxygen atoms in total. The van der Waals surface area contributed by atoms with E-state index >= 15 is 0 Å². The third kappa shape index (κ3) is 2.53. The van der Waals surface area contributed by atoms with Gasteiger partial charge in [-0.3, -0.25) is 0 Å². The molecule has 1 aliphatic carbocycles. The Labute approximate surface area is 105 Å². The number of aromatic nitrogens is 3. The zero-order chi connectivity index (χ0) is 13.3. The van der Waals surface area contributed by atoms with Gasteiger partial charge in [0.15, 0.2) is 5.82 Å². The lowest BCUT2D eigenvalue weighted by molar-refractivity contribution is -0.0390. The second kappa shape index (κ2) is 4.91. The van der Waals surface area contributed by atoms with Crippen molar-refractivity contribution in [1.82, 2.24) is 14.8 Å². The van der Waals surface area contributed by atoms with Crippen molar-refractivity contribution >= 4 is 0 Å². The van der Waals surface area contributed by atoms with Gasteiger partial charge in [-0.1, -0.05) is 0 Å². The molecule has 1 aromatic rings. The largest absolute Gasteiger partial charge is 0.388 e. The van der Waals surface area contributed by atoms with E-state index in [0.29, 0.717) is 18.7 Å². The van der Waals surface area contributed by atoms with Crippen LogP contribution in [0, 0.1) is 0 Å². The highest BCUT2D eigenvalue weighted by atomic mass is 19.3. The highest BCUT2D eigenvalue weighted by molar-refractivity contribution is 5.05. The Hall–Kier alpha value is -1.04. The van der Waals surface area contributed by atoms with Crippen molar-refractivity contribution in [1.29, 1.82) is 0 Å². The SMILES string of the molecule is CC(C)n1c(CO)nnc1C1CCC(F)(F)CC1. The summed E-state index contributed by atoms with van der Waals surface area (Å²) < 4.78 is 28.2. The van der Waals surface area contributed by atoms with Crippen LogP contribution in [0.3, 0.4) is 0 Å². The average molecular weight is 259 g/mol. The molecule has 0 saturated heterocycles. The van der Waals surface area contributed by atoms with E-state index in [2.05, 4.69) is 10.2 Å². The van der Waals surface area contributed by atoms with Crippen LogP contribution in [0.5, 0.6) is 0 Å². The minimum atomic E-state index is -2.53. The molecule has 0 aromatic carbocycles. The minimum absolute atomic E-state index is 0.0276. The van der Waals surface area contributed by atoms with E-state index in [1.807, 2.05) is 18.4 Å². The molecule has 2 rings (SSSR count). The molecule has 18 heavy (non-hydrogen) atoms. The third-order valence-electron chi connectivity index (χ3n) is 3.53. The lowest BCUT2D eigenvalue weighted by atomic mass is 9.86. The number of hydrogen-bond acceptors (Lipinski definition) is 3. The second-order valence-electron chi connectivity index (χ2n) is 5.23. The second-order valence-corrected chi connectivity index (χ2v) is 5.23. The molecule has 1 heterocycles. The summed E-state index contributed by atoms with van der Waals surface area (Å²) in [7, 11) is 0. The van der Waals surface area contributed by atoms with Crippen molar-refractivity contribution in [3.05, 3.63) is 11.6 Å². The highest BCUT2D eigenvalue weighted by Gasteiger charge is 2.37. The molecule has 0 aliphatic heterocycles. The first kappa shape index (κ1) is 13.4. The molecule has 0 radical (unpaired) electrons. The van der Waals surface area contributed by atoms with Crippen LogP contribution >= 0.6 is 0 Å². The Morgan fingerprint density at radius 1 is 1.33 bits per heavy atom. The fourth-order valence-electron chi connectivity index (χ4n) is 2.58. The smallest absolute Gasteiger partial charge is 0.248 e. The summed E-state index contributed by atoms with van der Waals surface area (Å²) in [6.45, 7) is 3.78. The Bertz CT molecular complexity index is 407. The number of aliphatic hydroxyl groups is 1. The van der Waals surface area contributed by atoms with E-state index in [4.69, 9.17) is 0 Å². The summed E-state index contributed by atoms with van der Waals surface area (Å²) >= 11 is 0. The van der Waals surface area contributed by atoms with Crippen molar-refractivity contribution in [3.63, 3.8) is 0 Å². The zero-order valence-electron chi connectivity index (χ0n) is 10.7. The molecule has 0 atom stereocenters. The van der Waals surface area contributed by atoms with Gasteiger partial charge in [0.25, 0.3) is 0 Å². The number of nitrogens with zero attached hydrogens (tertiary/aromatic N) is 3. The molecule has 0 amide bonds. The molecule has 1 aromatic heterocycles. The maximum atomic E-state index is 13.1. The third-order valence-corrected chi connectivity index (χ3v) is 3.53. The molecule has 0 unspecified atom stereocenters. The van der Waals surface area contributed by atoms with Crippen LogP contribution in [-0.2, 0) is 6.61 Å². The molecule has 0 spiro atoms. The van der Waals surface area contributed by atoms with Crippen LogP contribution in [0.1, 0.15) is 63.1 Å². The maximum Gasteiger partial charge on any atom is 0.248 e. The van der Waals surface area contributed by atoms with Gasteiger partial charge in [0.1, 0.15) is 12.4 Å². The number of aliphatic hydroxyl groups excluding tert-OH is 1. The fourth-order valence-corrected chi connectivity index (χ4v) is 2.58. The Kier molecular flexibility index (Phi) is 3.66. The van der Waals surface area contributed by atoms with Crippen molar-refractivity contribution in [2.45, 2.75) is 64.0 Å². The number of halogens is 2. The van der Waals surface area contributed by atoms with E-state index in [1.54, 1.807) is 0 Å². The first-order valence-electron chi connectivity index (χ1n) is 6.37. The predicted octanol–water partition coefficient (Wildman–Crippen LogP) is 2.64. The molecular weight excluding hydrogens is 240 g/mol. The lowest BCUT2D eigenvalue weighted by Gasteiger charge is -2.28. The summed E-state index contributed by atoms with van der Waals surface area (Å²) in [6, 6.07) is 0.125. The van der Waals surface area contributed by atoms with Crippen molar-refractivity contribution in [2.75, 3.05) is 0 Å². The maximum absolute atomic E-state index is 13.1. The quantitative estimate of drug-likeness (QED) is 0.907. The number of alkyl halides is 2. The normalized spacial score (nSPS) is 20.6. The van der Waals surface area contributed by atoms with E-state index in [9.17, 15) is 13.9 Å². The van der Waals surface area contributed by atoms with Crippen LogP contribution in [0.4, 0.5) is 8.78 Å². The topological polar surface area (TPSA) is 50.9 Å². The van der Waals surface area contributed by atoms with Crippen LogP contribution in [-0.4, -0.2) is 25.8 Å². The summed E-state index contributed by atoms with van der Waals surface area (Å²) in [5.41, 5.74) is 0. The van der Waals surface area contributed by atoms with Gasteiger partial charge in [-0.05, 0) is 26.7 Å². The van der Waals surface area contributed by atoms with E-state index in [0.717, 1.165) is 5.82 Å². The number of rotatable bonds is 3. The van der Waals surface area contributed by atoms with Gasteiger partial charge in [-0.15, -0.1) is 10.2 Å². The fraction of sp³-hybridized carbons (Fsp3) is 0.833. The lowest BCUT2D eigenvalue weighted by Crippen LogP contribution is -2.25. The molecule has 6 heteroatoms. The van der Waals surface area contributed by atoms with Gasteiger partial charge in [-0.25, -0.2) is 8.78 Å². The monoisotopic (exact) mass is 259 g/mol. The van der Waals surface area contributed by atoms with E-state index in [-0.39, 0.29) is 31.4 Å². The van der Waals surface area contributed by atoms with E-state index < -0.39 is 5.92 Å². The average Bonchev–Trinajstić information content (AvgIpc) is 2.72. The van der Waals surface area contributed by atoms with Gasteiger partial charge >= 0.3 is 0 Å². The minimum Gasteiger partial charge on any atom is -0.388 e. The highest BCUT2D eigenvalue weighted by Crippen LogP contribution is 2.40. The van der Waals surface area contributed by atoms with Gasteiger partial charge < -0.3 is 9.67 Å². The van der Waals surface area contributed by atoms with E-state index in [1.165, 1.54) is 0 Å². The Morgan fingerprint density at radius 2 is 1.94 bits per heavy atom. The Balaban J connectivity index is 2.21. The summed E-state index contributed by atoms with van der Waals surface area (Å²) in [5.74, 6) is -1.25. The molecule has 0 bridgehead atoms. The van der Waals surface area contributed by atoms with Crippen LogP contribution in [0.15, 0.2) is 0 Å². The summed E-state index contributed by atoms with van der Waals surface area (Å²) in [6.07, 6.45) is 0.695. The summed E-state index contributed by atoms with van der Waals surface area (Å²) in [5, 5.41) is 17.2.